The number of esters is 1. The molecule has 1 heterocycles. The number of nitrogens with one attached hydrogen (secondary N) is 1. The second-order valence-electron chi connectivity index (χ2n) is 5.66. The number of carbonyl (C=O) groups excluding carboxylic acids is 1. The van der Waals surface area contributed by atoms with Crippen molar-refractivity contribution >= 4 is 23.3 Å². The minimum atomic E-state index is -0.356. The summed E-state index contributed by atoms with van der Waals surface area (Å²) in [7, 11) is 1.37. The Hall–Kier alpha value is -2.58. The fourth-order valence-electron chi connectivity index (χ4n) is 2.51. The zero-order valence-electron chi connectivity index (χ0n) is 13.2. The fraction of sp³-hybridized carbons (Fsp3) is 0.278. The van der Waals surface area contributed by atoms with Crippen molar-refractivity contribution in [1.29, 1.82) is 5.26 Å². The van der Waals surface area contributed by atoms with Gasteiger partial charge in [-0.05, 0) is 43.2 Å². The second kappa shape index (κ2) is 6.90. The number of methoxy groups -OCH3 is 1. The standard InChI is InChI=1S/C18H16ClN3O2/c1-24-18(23)15-7-6-14(22-17(15)11-2-3-11)10-21-16-8-13(19)5-4-12(16)9-20/h4-8,11,21H,2-3,10H2,1H3. The van der Waals surface area contributed by atoms with Gasteiger partial charge in [-0.25, -0.2) is 4.79 Å². The van der Waals surface area contributed by atoms with Crippen LogP contribution in [0, 0.1) is 11.3 Å². The number of pyridine rings is 1. The Morgan fingerprint density at radius 1 is 1.42 bits per heavy atom. The van der Waals surface area contributed by atoms with Crippen LogP contribution in [0.2, 0.25) is 5.02 Å². The highest BCUT2D eigenvalue weighted by Crippen LogP contribution is 2.40. The summed E-state index contributed by atoms with van der Waals surface area (Å²) in [5.74, 6) is -0.0228. The molecule has 0 bridgehead atoms. The van der Waals surface area contributed by atoms with Gasteiger partial charge in [-0.1, -0.05) is 11.6 Å². The average Bonchev–Trinajstić information content (AvgIpc) is 3.44. The molecule has 2 aromatic rings. The first kappa shape index (κ1) is 16.3. The van der Waals surface area contributed by atoms with E-state index in [9.17, 15) is 4.79 Å². The highest BCUT2D eigenvalue weighted by Gasteiger charge is 2.30. The van der Waals surface area contributed by atoms with Crippen LogP contribution >= 0.6 is 11.6 Å². The van der Waals surface area contributed by atoms with E-state index in [0.717, 1.165) is 24.2 Å². The molecule has 0 spiro atoms. The summed E-state index contributed by atoms with van der Waals surface area (Å²) in [5, 5.41) is 12.9. The van der Waals surface area contributed by atoms with Crippen LogP contribution in [0.5, 0.6) is 0 Å². The number of anilines is 1. The minimum absolute atomic E-state index is 0.333. The summed E-state index contributed by atoms with van der Waals surface area (Å²) in [4.78, 5) is 16.5. The van der Waals surface area contributed by atoms with Gasteiger partial charge in [-0.15, -0.1) is 0 Å². The number of nitriles is 1. The first-order valence-corrected chi connectivity index (χ1v) is 8.02. The van der Waals surface area contributed by atoms with E-state index in [0.29, 0.717) is 34.3 Å². The predicted molar refractivity (Wildman–Crippen MR) is 91.0 cm³/mol. The van der Waals surface area contributed by atoms with E-state index in [4.69, 9.17) is 21.6 Å². The van der Waals surface area contributed by atoms with Crippen molar-refractivity contribution in [2.24, 2.45) is 0 Å². The van der Waals surface area contributed by atoms with Gasteiger partial charge in [0.25, 0.3) is 0 Å². The maximum atomic E-state index is 11.8. The van der Waals surface area contributed by atoms with Crippen LogP contribution in [0.25, 0.3) is 0 Å². The Morgan fingerprint density at radius 3 is 2.88 bits per heavy atom. The molecular formula is C18H16ClN3O2. The fourth-order valence-corrected chi connectivity index (χ4v) is 2.68. The molecule has 1 N–H and O–H groups in total. The van der Waals surface area contributed by atoms with Crippen LogP contribution in [-0.4, -0.2) is 18.1 Å². The van der Waals surface area contributed by atoms with Gasteiger partial charge in [0, 0.05) is 10.9 Å². The number of carbonyl (C=O) groups is 1. The second-order valence-corrected chi connectivity index (χ2v) is 6.09. The smallest absolute Gasteiger partial charge is 0.339 e. The highest BCUT2D eigenvalue weighted by atomic mass is 35.5. The first-order valence-electron chi connectivity index (χ1n) is 7.64. The maximum Gasteiger partial charge on any atom is 0.339 e. The summed E-state index contributed by atoms with van der Waals surface area (Å²) >= 11 is 5.99. The van der Waals surface area contributed by atoms with Gasteiger partial charge in [-0.2, -0.15) is 5.26 Å². The minimum Gasteiger partial charge on any atom is -0.465 e. The van der Waals surface area contributed by atoms with Gasteiger partial charge in [0.1, 0.15) is 6.07 Å². The van der Waals surface area contributed by atoms with Crippen molar-refractivity contribution in [2.75, 3.05) is 12.4 Å². The Morgan fingerprint density at radius 2 is 2.21 bits per heavy atom. The van der Waals surface area contributed by atoms with E-state index in [1.165, 1.54) is 7.11 Å². The molecular weight excluding hydrogens is 326 g/mol. The third-order valence-electron chi connectivity index (χ3n) is 3.91. The van der Waals surface area contributed by atoms with Crippen LogP contribution in [0.1, 0.15) is 46.1 Å². The Balaban J connectivity index is 1.81. The molecule has 0 radical (unpaired) electrons. The molecule has 0 aliphatic heterocycles. The lowest BCUT2D eigenvalue weighted by molar-refractivity contribution is 0.0598. The van der Waals surface area contributed by atoms with Crippen molar-refractivity contribution in [1.82, 2.24) is 4.98 Å². The highest BCUT2D eigenvalue weighted by molar-refractivity contribution is 6.30. The Bertz CT molecular complexity index is 825. The molecule has 0 unspecified atom stereocenters. The number of halogens is 1. The van der Waals surface area contributed by atoms with E-state index in [-0.39, 0.29) is 5.97 Å². The van der Waals surface area contributed by atoms with Gasteiger partial charge in [-0.3, -0.25) is 4.98 Å². The molecule has 1 aliphatic rings. The van der Waals surface area contributed by atoms with Crippen molar-refractivity contribution in [3.05, 3.63) is 57.9 Å². The molecule has 0 amide bonds. The molecule has 0 atom stereocenters. The van der Waals surface area contributed by atoms with Crippen molar-refractivity contribution in [3.63, 3.8) is 0 Å². The summed E-state index contributed by atoms with van der Waals surface area (Å²) in [6, 6.07) is 10.7. The third-order valence-corrected chi connectivity index (χ3v) is 4.15. The van der Waals surface area contributed by atoms with Crippen molar-refractivity contribution in [2.45, 2.75) is 25.3 Å². The van der Waals surface area contributed by atoms with Crippen LogP contribution in [0.3, 0.4) is 0 Å². The van der Waals surface area contributed by atoms with E-state index in [2.05, 4.69) is 16.4 Å². The lowest BCUT2D eigenvalue weighted by Crippen LogP contribution is -2.10. The predicted octanol–water partition coefficient (Wildman–Crippen LogP) is 3.88. The number of nitrogens with zero attached hydrogens (tertiary/aromatic N) is 2. The van der Waals surface area contributed by atoms with Gasteiger partial charge in [0.2, 0.25) is 0 Å². The summed E-state index contributed by atoms with van der Waals surface area (Å²) < 4.78 is 4.82. The lowest BCUT2D eigenvalue weighted by Gasteiger charge is -2.11. The molecule has 122 valence electrons. The topological polar surface area (TPSA) is 75.0 Å². The largest absolute Gasteiger partial charge is 0.465 e. The first-order chi connectivity index (χ1) is 11.6. The van der Waals surface area contributed by atoms with Crippen LogP contribution in [0.15, 0.2) is 30.3 Å². The normalized spacial score (nSPS) is 13.2. The number of rotatable bonds is 5. The average molecular weight is 342 g/mol. The van der Waals surface area contributed by atoms with Gasteiger partial charge in [0.15, 0.2) is 0 Å². The van der Waals surface area contributed by atoms with Crippen LogP contribution in [-0.2, 0) is 11.3 Å². The molecule has 1 aromatic heterocycles. The number of hydrogen-bond donors (Lipinski definition) is 1. The number of benzene rings is 1. The quantitative estimate of drug-likeness (QED) is 0.835. The number of hydrogen-bond acceptors (Lipinski definition) is 5. The van der Waals surface area contributed by atoms with Gasteiger partial charge < -0.3 is 10.1 Å². The molecule has 1 aromatic carbocycles. The van der Waals surface area contributed by atoms with Crippen LogP contribution in [0.4, 0.5) is 5.69 Å². The zero-order chi connectivity index (χ0) is 17.1. The van der Waals surface area contributed by atoms with Crippen LogP contribution < -0.4 is 5.32 Å². The van der Waals surface area contributed by atoms with Crippen molar-refractivity contribution in [3.8, 4) is 6.07 Å². The molecule has 1 aliphatic carbocycles. The third kappa shape index (κ3) is 3.50. The summed E-state index contributed by atoms with van der Waals surface area (Å²) in [6.45, 7) is 0.441. The molecule has 5 nitrogen and oxygen atoms in total. The Kier molecular flexibility index (Phi) is 4.68. The molecule has 0 saturated heterocycles. The molecule has 1 saturated carbocycles. The van der Waals surface area contributed by atoms with E-state index >= 15 is 0 Å². The van der Waals surface area contributed by atoms with Crippen molar-refractivity contribution < 1.29 is 9.53 Å². The summed E-state index contributed by atoms with van der Waals surface area (Å²) in [5.41, 5.74) is 3.32. The van der Waals surface area contributed by atoms with E-state index in [1.54, 1.807) is 30.3 Å². The maximum absolute atomic E-state index is 11.8. The molecule has 3 rings (SSSR count). The van der Waals surface area contributed by atoms with Gasteiger partial charge in [0.05, 0.1) is 41.9 Å². The molecule has 6 heteroatoms. The van der Waals surface area contributed by atoms with E-state index < -0.39 is 0 Å². The number of ether oxygens (including phenoxy) is 1. The SMILES string of the molecule is COC(=O)c1ccc(CNc2cc(Cl)ccc2C#N)nc1C1CC1. The summed E-state index contributed by atoms with van der Waals surface area (Å²) in [6.07, 6.45) is 2.08. The van der Waals surface area contributed by atoms with E-state index in [1.807, 2.05) is 0 Å². The Labute approximate surface area is 145 Å². The van der Waals surface area contributed by atoms with Gasteiger partial charge >= 0.3 is 5.97 Å². The lowest BCUT2D eigenvalue weighted by atomic mass is 10.1. The molecule has 1 fully saturated rings. The number of aromatic nitrogens is 1. The molecule has 24 heavy (non-hydrogen) atoms. The zero-order valence-corrected chi connectivity index (χ0v) is 13.9. The monoisotopic (exact) mass is 341 g/mol.